The van der Waals surface area contributed by atoms with Crippen molar-refractivity contribution in [3.63, 3.8) is 0 Å². The molecule has 2 atom stereocenters. The van der Waals surface area contributed by atoms with Gasteiger partial charge < -0.3 is 9.52 Å². The van der Waals surface area contributed by atoms with E-state index >= 15 is 0 Å². The first kappa shape index (κ1) is 14.1. The van der Waals surface area contributed by atoms with Crippen LogP contribution >= 0.6 is 0 Å². The zero-order valence-corrected chi connectivity index (χ0v) is 12.3. The second-order valence-corrected chi connectivity index (χ2v) is 7.45. The average molecular weight is 300 g/mol. The van der Waals surface area contributed by atoms with Gasteiger partial charge in [-0.15, -0.1) is 0 Å². The number of hydrogen-bond donors (Lipinski definition) is 1. The number of sulfonamides is 1. The van der Waals surface area contributed by atoms with E-state index in [0.29, 0.717) is 25.2 Å². The summed E-state index contributed by atoms with van der Waals surface area (Å²) in [7, 11) is -1.51. The highest BCUT2D eigenvalue weighted by Crippen LogP contribution is 2.31. The molecular formula is C13H20N2O4S. The lowest BCUT2D eigenvalue weighted by atomic mass is 10.1. The maximum Gasteiger partial charge on any atom is 0.276 e. The minimum atomic E-state index is -3.59. The second-order valence-electron chi connectivity index (χ2n) is 5.58. The first-order valence-corrected chi connectivity index (χ1v) is 8.38. The zero-order chi connectivity index (χ0) is 14.3. The third-order valence-electron chi connectivity index (χ3n) is 4.50. The van der Waals surface area contributed by atoms with Crippen molar-refractivity contribution in [3.8, 4) is 0 Å². The summed E-state index contributed by atoms with van der Waals surface area (Å²) < 4.78 is 31.9. The highest BCUT2D eigenvalue weighted by molar-refractivity contribution is 7.89. The molecular weight excluding hydrogens is 280 g/mol. The maximum atomic E-state index is 12.6. The quantitative estimate of drug-likeness (QED) is 0.886. The molecule has 6 nitrogen and oxygen atoms in total. The van der Waals surface area contributed by atoms with Crippen molar-refractivity contribution in [1.29, 1.82) is 0 Å². The Bertz CT molecular complexity index is 583. The highest BCUT2D eigenvalue weighted by Gasteiger charge is 2.39. The number of likely N-dealkylation sites (N-methyl/N-ethyl adjacent to an activating group) is 1. The van der Waals surface area contributed by atoms with Crippen LogP contribution in [0.1, 0.15) is 25.0 Å². The summed E-state index contributed by atoms with van der Waals surface area (Å²) in [5.74, 6) is 0.275. The summed E-state index contributed by atoms with van der Waals surface area (Å²) in [5, 5.41) is 8.92. The first-order chi connectivity index (χ1) is 9.52. The van der Waals surface area contributed by atoms with Gasteiger partial charge in [0, 0.05) is 25.2 Å². The molecule has 2 aliphatic rings. The Morgan fingerprint density at radius 2 is 2.05 bits per heavy atom. The molecule has 1 aromatic heterocycles. The number of nitrogens with zero attached hydrogens (tertiary/aromatic N) is 2. The van der Waals surface area contributed by atoms with E-state index in [1.807, 2.05) is 0 Å². The Labute approximate surface area is 119 Å². The van der Waals surface area contributed by atoms with E-state index in [-0.39, 0.29) is 17.5 Å². The van der Waals surface area contributed by atoms with Crippen LogP contribution in [-0.4, -0.2) is 55.0 Å². The molecule has 2 aliphatic heterocycles. The lowest BCUT2D eigenvalue weighted by molar-refractivity contribution is 0.233. The van der Waals surface area contributed by atoms with Crippen LogP contribution in [0.5, 0.6) is 0 Å². The molecule has 2 saturated heterocycles. The van der Waals surface area contributed by atoms with Gasteiger partial charge in [-0.2, -0.15) is 4.31 Å². The van der Waals surface area contributed by atoms with Gasteiger partial charge in [-0.05, 0) is 38.4 Å². The van der Waals surface area contributed by atoms with Gasteiger partial charge >= 0.3 is 0 Å². The van der Waals surface area contributed by atoms with E-state index in [1.54, 1.807) is 0 Å². The number of aliphatic hydroxyl groups is 1. The van der Waals surface area contributed by atoms with Crippen LogP contribution in [0.4, 0.5) is 0 Å². The van der Waals surface area contributed by atoms with Crippen LogP contribution in [0.3, 0.4) is 0 Å². The third-order valence-corrected chi connectivity index (χ3v) is 6.24. The normalized spacial score (nSPS) is 28.7. The van der Waals surface area contributed by atoms with Crippen LogP contribution in [0.15, 0.2) is 21.6 Å². The lowest BCUT2D eigenvalue weighted by Gasteiger charge is -2.24. The zero-order valence-electron chi connectivity index (χ0n) is 11.5. The second kappa shape index (κ2) is 5.14. The number of furan rings is 1. The van der Waals surface area contributed by atoms with Gasteiger partial charge in [-0.1, -0.05) is 0 Å². The van der Waals surface area contributed by atoms with Crippen molar-refractivity contribution in [2.24, 2.45) is 0 Å². The monoisotopic (exact) mass is 300 g/mol. The van der Waals surface area contributed by atoms with Gasteiger partial charge in [0.05, 0.1) is 0 Å². The van der Waals surface area contributed by atoms with Gasteiger partial charge in [0.25, 0.3) is 10.0 Å². The van der Waals surface area contributed by atoms with E-state index in [2.05, 4.69) is 11.9 Å². The molecule has 112 valence electrons. The summed E-state index contributed by atoms with van der Waals surface area (Å²) in [6.45, 7) is 0.760. The van der Waals surface area contributed by atoms with Crippen LogP contribution < -0.4 is 0 Å². The smallest absolute Gasteiger partial charge is 0.276 e. The summed E-state index contributed by atoms with van der Waals surface area (Å²) >= 11 is 0. The Hall–Kier alpha value is -0.890. The van der Waals surface area contributed by atoms with E-state index in [4.69, 9.17) is 9.52 Å². The summed E-state index contributed by atoms with van der Waals surface area (Å²) in [5.41, 5.74) is 0. The summed E-state index contributed by atoms with van der Waals surface area (Å²) in [6, 6.07) is 3.71. The summed E-state index contributed by atoms with van der Waals surface area (Å²) in [6.07, 6.45) is 3.07. The largest absolute Gasteiger partial charge is 0.446 e. The van der Waals surface area contributed by atoms with Crippen molar-refractivity contribution in [2.75, 3.05) is 20.1 Å². The Morgan fingerprint density at radius 3 is 2.75 bits per heavy atom. The third kappa shape index (κ3) is 2.28. The van der Waals surface area contributed by atoms with Gasteiger partial charge in [0.2, 0.25) is 5.09 Å². The number of fused-ring (bicyclic) bond motifs is 2. The van der Waals surface area contributed by atoms with Crippen molar-refractivity contribution >= 4 is 10.0 Å². The van der Waals surface area contributed by atoms with Crippen LogP contribution in [0, 0.1) is 0 Å². The average Bonchev–Trinajstić information content (AvgIpc) is 2.95. The number of rotatable bonds is 3. The first-order valence-electron chi connectivity index (χ1n) is 6.94. The van der Waals surface area contributed by atoms with E-state index in [9.17, 15) is 8.42 Å². The fraction of sp³-hybridized carbons (Fsp3) is 0.692. The summed E-state index contributed by atoms with van der Waals surface area (Å²) in [4.78, 5) is 2.30. The molecule has 2 unspecified atom stereocenters. The topological polar surface area (TPSA) is 74.0 Å². The van der Waals surface area contributed by atoms with Crippen LogP contribution in [0.2, 0.25) is 0 Å². The predicted octanol–water partition coefficient (Wildman–Crippen LogP) is 0.629. The highest BCUT2D eigenvalue weighted by atomic mass is 32.2. The molecule has 0 radical (unpaired) electrons. The van der Waals surface area contributed by atoms with E-state index < -0.39 is 10.0 Å². The van der Waals surface area contributed by atoms with Crippen molar-refractivity contribution in [3.05, 3.63) is 17.9 Å². The molecule has 0 aliphatic carbocycles. The maximum absolute atomic E-state index is 12.6. The van der Waals surface area contributed by atoms with Crippen molar-refractivity contribution in [1.82, 2.24) is 9.21 Å². The van der Waals surface area contributed by atoms with Gasteiger partial charge in [-0.3, -0.25) is 4.90 Å². The van der Waals surface area contributed by atoms with Crippen molar-refractivity contribution < 1.29 is 17.9 Å². The molecule has 2 bridgehead atoms. The lowest BCUT2D eigenvalue weighted by Crippen LogP contribution is -2.39. The van der Waals surface area contributed by atoms with Gasteiger partial charge in [0.1, 0.15) is 12.4 Å². The van der Waals surface area contributed by atoms with E-state index in [1.165, 1.54) is 16.4 Å². The Kier molecular flexibility index (Phi) is 3.62. The minimum Gasteiger partial charge on any atom is -0.446 e. The molecule has 1 aromatic rings. The van der Waals surface area contributed by atoms with Gasteiger partial charge in [0.15, 0.2) is 0 Å². The molecule has 7 heteroatoms. The standard InChI is InChI=1S/C13H20N2O4S/c1-14-10-2-3-11(14)8-15(7-6-10)20(17,18)13-5-4-12(9-16)19-13/h4-5,10-11,16H,2-3,6-9H2,1H3. The van der Waals surface area contributed by atoms with Crippen molar-refractivity contribution in [2.45, 2.75) is 43.0 Å². The molecule has 0 amide bonds. The number of hydrogen-bond acceptors (Lipinski definition) is 5. The fourth-order valence-corrected chi connectivity index (χ4v) is 4.63. The molecule has 0 spiro atoms. The molecule has 20 heavy (non-hydrogen) atoms. The predicted molar refractivity (Wildman–Crippen MR) is 72.6 cm³/mol. The van der Waals surface area contributed by atoms with Crippen LogP contribution in [-0.2, 0) is 16.6 Å². The molecule has 2 fully saturated rings. The van der Waals surface area contributed by atoms with E-state index in [0.717, 1.165) is 19.3 Å². The van der Waals surface area contributed by atoms with Gasteiger partial charge in [-0.25, -0.2) is 8.42 Å². The van der Waals surface area contributed by atoms with Crippen LogP contribution in [0.25, 0.3) is 0 Å². The fourth-order valence-electron chi connectivity index (χ4n) is 3.20. The minimum absolute atomic E-state index is 0.0676. The Balaban J connectivity index is 1.84. The number of aliphatic hydroxyl groups excluding tert-OH is 1. The molecule has 0 aromatic carbocycles. The molecule has 3 rings (SSSR count). The molecule has 3 heterocycles. The Morgan fingerprint density at radius 1 is 1.30 bits per heavy atom. The molecule has 1 N–H and O–H groups in total. The molecule has 0 saturated carbocycles. The SMILES string of the molecule is CN1C2CCC1CN(S(=O)(=O)c1ccc(CO)o1)CC2.